The number of methoxy groups -OCH3 is 1. The number of carbonyl (C=O) groups excluding carboxylic acids is 2. The highest BCUT2D eigenvalue weighted by Gasteiger charge is 2.45. The average Bonchev–Trinajstić information content (AvgIpc) is 2.78. The highest BCUT2D eigenvalue weighted by molar-refractivity contribution is 6.42. The Labute approximate surface area is 208 Å². The second-order valence-electron chi connectivity index (χ2n) is 9.16. The summed E-state index contributed by atoms with van der Waals surface area (Å²) in [4.78, 5) is 26.1. The van der Waals surface area contributed by atoms with Crippen LogP contribution in [0, 0.1) is 5.41 Å². The number of hydrogen-bond donors (Lipinski definition) is 1. The van der Waals surface area contributed by atoms with Crippen LogP contribution in [0.3, 0.4) is 0 Å². The van der Waals surface area contributed by atoms with Gasteiger partial charge in [0.05, 0.1) is 23.1 Å². The van der Waals surface area contributed by atoms with E-state index < -0.39 is 11.9 Å². The molecule has 1 heterocycles. The van der Waals surface area contributed by atoms with E-state index in [1.165, 1.54) is 7.11 Å². The molecule has 0 amide bonds. The standard InChI is InChI=1S/C26H25Cl2NO5/c1-26(2)11-18(30)22-20(12-26)34-24(29)23(25(31)32-3)21(22)15-6-4-5-7-19(15)33-13-14-8-9-16(27)17(28)10-14/h4-10,21H,11-13,29H2,1-3H3. The number of Topliss-reactive ketones (excluding diaryl/α,β-unsaturated/α-hetero) is 1. The van der Waals surface area contributed by atoms with Crippen molar-refractivity contribution in [2.24, 2.45) is 11.1 Å². The first-order chi connectivity index (χ1) is 16.1. The molecule has 1 aliphatic heterocycles. The summed E-state index contributed by atoms with van der Waals surface area (Å²) in [6.45, 7) is 4.20. The molecule has 0 spiro atoms. The van der Waals surface area contributed by atoms with E-state index in [4.69, 9.17) is 43.1 Å². The highest BCUT2D eigenvalue weighted by Crippen LogP contribution is 2.49. The Morgan fingerprint density at radius 2 is 1.88 bits per heavy atom. The van der Waals surface area contributed by atoms with E-state index in [-0.39, 0.29) is 29.3 Å². The SMILES string of the molecule is COC(=O)C1=C(N)OC2=C(C(=O)CC(C)(C)C2)C1c1ccccc1OCc1ccc(Cl)c(Cl)c1. The van der Waals surface area contributed by atoms with E-state index in [2.05, 4.69) is 0 Å². The molecule has 0 radical (unpaired) electrons. The van der Waals surface area contributed by atoms with Gasteiger partial charge in [0.1, 0.15) is 23.7 Å². The molecule has 0 saturated carbocycles. The van der Waals surface area contributed by atoms with Gasteiger partial charge in [-0.3, -0.25) is 4.79 Å². The number of allylic oxidation sites excluding steroid dienone is 2. The topological polar surface area (TPSA) is 87.9 Å². The van der Waals surface area contributed by atoms with Crippen molar-refractivity contribution in [2.45, 2.75) is 39.2 Å². The van der Waals surface area contributed by atoms with Crippen molar-refractivity contribution in [2.75, 3.05) is 7.11 Å². The van der Waals surface area contributed by atoms with Crippen LogP contribution in [0.2, 0.25) is 10.0 Å². The van der Waals surface area contributed by atoms with Crippen molar-refractivity contribution in [3.8, 4) is 5.75 Å². The zero-order valence-corrected chi connectivity index (χ0v) is 20.6. The predicted octanol–water partition coefficient (Wildman–Crippen LogP) is 5.67. The molecule has 2 aromatic rings. The summed E-state index contributed by atoms with van der Waals surface area (Å²) >= 11 is 12.1. The molecule has 1 aliphatic carbocycles. The quantitative estimate of drug-likeness (QED) is 0.530. The molecule has 2 N–H and O–H groups in total. The molecule has 0 bridgehead atoms. The van der Waals surface area contributed by atoms with Gasteiger partial charge in [-0.2, -0.15) is 0 Å². The van der Waals surface area contributed by atoms with Crippen molar-refractivity contribution < 1.29 is 23.8 Å². The molecule has 178 valence electrons. The van der Waals surface area contributed by atoms with E-state index in [0.717, 1.165) is 5.56 Å². The van der Waals surface area contributed by atoms with Gasteiger partial charge in [0.2, 0.25) is 5.88 Å². The maximum Gasteiger partial charge on any atom is 0.340 e. The van der Waals surface area contributed by atoms with E-state index in [1.807, 2.05) is 38.1 Å². The summed E-state index contributed by atoms with van der Waals surface area (Å²) in [6.07, 6.45) is 0.846. The molecule has 0 aromatic heterocycles. The molecule has 34 heavy (non-hydrogen) atoms. The van der Waals surface area contributed by atoms with Crippen LogP contribution in [-0.4, -0.2) is 18.9 Å². The van der Waals surface area contributed by atoms with Gasteiger partial charge in [-0.05, 0) is 29.2 Å². The number of hydrogen-bond acceptors (Lipinski definition) is 6. The number of rotatable bonds is 5. The van der Waals surface area contributed by atoms with Gasteiger partial charge in [-0.1, -0.05) is 61.3 Å². The highest BCUT2D eigenvalue weighted by atomic mass is 35.5. The Morgan fingerprint density at radius 3 is 2.59 bits per heavy atom. The molecule has 4 rings (SSSR count). The molecule has 0 saturated heterocycles. The summed E-state index contributed by atoms with van der Waals surface area (Å²) in [5.41, 5.74) is 7.86. The van der Waals surface area contributed by atoms with Gasteiger partial charge in [0.25, 0.3) is 0 Å². The zero-order valence-electron chi connectivity index (χ0n) is 19.1. The molecule has 1 atom stereocenters. The number of halogens is 2. The first-order valence-corrected chi connectivity index (χ1v) is 11.5. The van der Waals surface area contributed by atoms with E-state index in [1.54, 1.807) is 18.2 Å². The lowest BCUT2D eigenvalue weighted by molar-refractivity contribution is -0.136. The number of ketones is 1. The summed E-state index contributed by atoms with van der Waals surface area (Å²) in [7, 11) is 1.27. The molecule has 6 nitrogen and oxygen atoms in total. The van der Waals surface area contributed by atoms with Crippen LogP contribution in [0.15, 0.2) is 65.3 Å². The minimum atomic E-state index is -0.773. The molecular weight excluding hydrogens is 477 g/mol. The number of benzene rings is 2. The first-order valence-electron chi connectivity index (χ1n) is 10.8. The van der Waals surface area contributed by atoms with E-state index in [0.29, 0.717) is 45.5 Å². The fourth-order valence-corrected chi connectivity index (χ4v) is 4.77. The minimum Gasteiger partial charge on any atom is -0.489 e. The molecule has 8 heteroatoms. The van der Waals surface area contributed by atoms with Crippen molar-refractivity contribution in [3.63, 3.8) is 0 Å². The number of carbonyl (C=O) groups is 2. The van der Waals surface area contributed by atoms with Crippen LogP contribution < -0.4 is 10.5 Å². The van der Waals surface area contributed by atoms with Gasteiger partial charge < -0.3 is 19.9 Å². The van der Waals surface area contributed by atoms with Gasteiger partial charge in [-0.15, -0.1) is 0 Å². The lowest BCUT2D eigenvalue weighted by Crippen LogP contribution is -2.35. The number of para-hydroxylation sites is 1. The second kappa shape index (κ2) is 9.35. The summed E-state index contributed by atoms with van der Waals surface area (Å²) in [6, 6.07) is 12.5. The smallest absolute Gasteiger partial charge is 0.340 e. The minimum absolute atomic E-state index is 0.0691. The van der Waals surface area contributed by atoms with Crippen molar-refractivity contribution in [1.82, 2.24) is 0 Å². The Morgan fingerprint density at radius 1 is 1.15 bits per heavy atom. The summed E-state index contributed by atoms with van der Waals surface area (Å²) in [5, 5.41) is 0.879. The Balaban J connectivity index is 1.79. The van der Waals surface area contributed by atoms with Crippen molar-refractivity contribution in [1.29, 1.82) is 0 Å². The van der Waals surface area contributed by atoms with Crippen LogP contribution in [0.25, 0.3) is 0 Å². The van der Waals surface area contributed by atoms with Gasteiger partial charge >= 0.3 is 5.97 Å². The van der Waals surface area contributed by atoms with Crippen molar-refractivity contribution in [3.05, 3.63) is 86.4 Å². The molecular formula is C26H25Cl2NO5. The van der Waals surface area contributed by atoms with E-state index >= 15 is 0 Å². The Bertz CT molecular complexity index is 1230. The summed E-state index contributed by atoms with van der Waals surface area (Å²) < 4.78 is 17.0. The van der Waals surface area contributed by atoms with Gasteiger partial charge in [-0.25, -0.2) is 4.79 Å². The van der Waals surface area contributed by atoms with E-state index in [9.17, 15) is 9.59 Å². The number of ether oxygens (including phenoxy) is 3. The monoisotopic (exact) mass is 501 g/mol. The number of esters is 1. The molecule has 1 unspecified atom stereocenters. The van der Waals surface area contributed by atoms with Crippen LogP contribution >= 0.6 is 23.2 Å². The molecule has 2 aromatic carbocycles. The van der Waals surface area contributed by atoms with Crippen LogP contribution in [0.5, 0.6) is 5.75 Å². The normalized spacial score (nSPS) is 19.4. The largest absolute Gasteiger partial charge is 0.489 e. The maximum absolute atomic E-state index is 13.3. The lowest BCUT2D eigenvalue weighted by Gasteiger charge is -2.38. The third-order valence-electron chi connectivity index (χ3n) is 5.97. The summed E-state index contributed by atoms with van der Waals surface area (Å²) in [5.74, 6) is -0.615. The fourth-order valence-electron chi connectivity index (χ4n) is 4.45. The fraction of sp³-hybridized carbons (Fsp3) is 0.308. The molecule has 2 aliphatic rings. The lowest BCUT2D eigenvalue weighted by atomic mass is 9.70. The first kappa shape index (κ1) is 24.2. The third kappa shape index (κ3) is 4.65. The second-order valence-corrected chi connectivity index (χ2v) is 9.97. The van der Waals surface area contributed by atoms with Crippen LogP contribution in [-0.2, 0) is 25.7 Å². The van der Waals surface area contributed by atoms with Crippen LogP contribution in [0.4, 0.5) is 0 Å². The predicted molar refractivity (Wildman–Crippen MR) is 129 cm³/mol. The van der Waals surface area contributed by atoms with Gasteiger partial charge in [0.15, 0.2) is 5.78 Å². The van der Waals surface area contributed by atoms with Crippen LogP contribution in [0.1, 0.15) is 43.7 Å². The average molecular weight is 502 g/mol. The zero-order chi connectivity index (χ0) is 24.6. The molecule has 0 fully saturated rings. The number of nitrogens with two attached hydrogens (primary N) is 1. The van der Waals surface area contributed by atoms with Crippen molar-refractivity contribution >= 4 is 35.0 Å². The maximum atomic E-state index is 13.3. The Kier molecular flexibility index (Phi) is 6.65. The third-order valence-corrected chi connectivity index (χ3v) is 6.71. The Hall–Kier alpha value is -2.96. The van der Waals surface area contributed by atoms with Gasteiger partial charge in [0, 0.05) is 24.0 Å².